The molecular weight excluding hydrogens is 248 g/mol. The molecule has 0 spiro atoms. The van der Waals surface area contributed by atoms with E-state index in [1.807, 2.05) is 6.92 Å². The number of hydrogen-bond acceptors (Lipinski definition) is 4. The van der Waals surface area contributed by atoms with Crippen LogP contribution in [0.5, 0.6) is 0 Å². The van der Waals surface area contributed by atoms with Crippen LogP contribution >= 0.6 is 0 Å². The topological polar surface area (TPSA) is 73.1 Å². The SMILES string of the molecule is Cc1ccc(N)c(S(=O)(=O)Cc2ccncc2)c1. The van der Waals surface area contributed by atoms with Crippen LogP contribution < -0.4 is 5.73 Å². The number of sulfone groups is 1. The number of nitrogen functional groups attached to an aromatic ring is 1. The quantitative estimate of drug-likeness (QED) is 0.858. The van der Waals surface area contributed by atoms with Crippen LogP contribution in [0.4, 0.5) is 5.69 Å². The zero-order valence-corrected chi connectivity index (χ0v) is 10.8. The normalized spacial score (nSPS) is 11.4. The second-order valence-corrected chi connectivity index (χ2v) is 6.11. The van der Waals surface area contributed by atoms with E-state index in [-0.39, 0.29) is 16.3 Å². The molecule has 1 heterocycles. The van der Waals surface area contributed by atoms with E-state index in [0.29, 0.717) is 5.56 Å². The van der Waals surface area contributed by atoms with Crippen LogP contribution in [-0.4, -0.2) is 13.4 Å². The van der Waals surface area contributed by atoms with E-state index in [1.54, 1.807) is 42.7 Å². The van der Waals surface area contributed by atoms with E-state index >= 15 is 0 Å². The van der Waals surface area contributed by atoms with E-state index in [4.69, 9.17) is 5.73 Å². The monoisotopic (exact) mass is 262 g/mol. The molecule has 5 heteroatoms. The van der Waals surface area contributed by atoms with Gasteiger partial charge in [0.15, 0.2) is 9.84 Å². The molecule has 18 heavy (non-hydrogen) atoms. The first-order chi connectivity index (χ1) is 8.49. The summed E-state index contributed by atoms with van der Waals surface area (Å²) in [4.78, 5) is 4.05. The molecule has 2 rings (SSSR count). The third-order valence-electron chi connectivity index (χ3n) is 2.61. The Bertz CT molecular complexity index is 652. The summed E-state index contributed by atoms with van der Waals surface area (Å²) in [5.74, 6) is -0.0663. The van der Waals surface area contributed by atoms with Gasteiger partial charge in [-0.25, -0.2) is 8.42 Å². The molecule has 0 aliphatic heterocycles. The Hall–Kier alpha value is -1.88. The summed E-state index contributed by atoms with van der Waals surface area (Å²) in [6, 6.07) is 8.38. The Morgan fingerprint density at radius 1 is 1.17 bits per heavy atom. The smallest absolute Gasteiger partial charge is 0.184 e. The maximum atomic E-state index is 12.3. The van der Waals surface area contributed by atoms with Crippen LogP contribution in [-0.2, 0) is 15.6 Å². The first-order valence-corrected chi connectivity index (χ1v) is 7.12. The van der Waals surface area contributed by atoms with Crippen molar-refractivity contribution >= 4 is 15.5 Å². The zero-order chi connectivity index (χ0) is 13.2. The molecule has 2 N–H and O–H groups in total. The number of nitrogens with two attached hydrogens (primary N) is 1. The number of pyridine rings is 1. The van der Waals surface area contributed by atoms with Gasteiger partial charge in [-0.2, -0.15) is 0 Å². The lowest BCUT2D eigenvalue weighted by atomic mass is 10.2. The van der Waals surface area contributed by atoms with Gasteiger partial charge < -0.3 is 5.73 Å². The first kappa shape index (κ1) is 12.6. The third kappa shape index (κ3) is 2.68. The van der Waals surface area contributed by atoms with Gasteiger partial charge in [-0.05, 0) is 42.3 Å². The number of rotatable bonds is 3. The average molecular weight is 262 g/mol. The molecule has 0 aliphatic carbocycles. The van der Waals surface area contributed by atoms with Crippen molar-refractivity contribution in [2.75, 3.05) is 5.73 Å². The zero-order valence-electron chi connectivity index (χ0n) is 10.00. The van der Waals surface area contributed by atoms with Gasteiger partial charge >= 0.3 is 0 Å². The minimum absolute atomic E-state index is 0.0663. The molecule has 1 aromatic carbocycles. The highest BCUT2D eigenvalue weighted by molar-refractivity contribution is 7.90. The summed E-state index contributed by atoms with van der Waals surface area (Å²) >= 11 is 0. The number of hydrogen-bond donors (Lipinski definition) is 1. The van der Waals surface area contributed by atoms with Crippen LogP contribution in [0.25, 0.3) is 0 Å². The van der Waals surface area contributed by atoms with Gasteiger partial charge in [0.1, 0.15) is 0 Å². The fraction of sp³-hybridized carbons (Fsp3) is 0.154. The van der Waals surface area contributed by atoms with Gasteiger partial charge in [-0.1, -0.05) is 6.07 Å². The number of benzene rings is 1. The minimum Gasteiger partial charge on any atom is -0.398 e. The highest BCUT2D eigenvalue weighted by Crippen LogP contribution is 2.23. The molecular formula is C13H14N2O2S. The minimum atomic E-state index is -3.42. The van der Waals surface area contributed by atoms with Crippen molar-refractivity contribution in [3.63, 3.8) is 0 Å². The highest BCUT2D eigenvalue weighted by atomic mass is 32.2. The lowest BCUT2D eigenvalue weighted by Gasteiger charge is -2.08. The third-order valence-corrected chi connectivity index (χ3v) is 4.35. The van der Waals surface area contributed by atoms with Crippen molar-refractivity contribution in [2.24, 2.45) is 0 Å². The van der Waals surface area contributed by atoms with E-state index in [2.05, 4.69) is 4.98 Å². The van der Waals surface area contributed by atoms with Crippen LogP contribution in [0.3, 0.4) is 0 Å². The van der Waals surface area contributed by atoms with E-state index < -0.39 is 9.84 Å². The molecule has 94 valence electrons. The van der Waals surface area contributed by atoms with E-state index in [9.17, 15) is 8.42 Å². The van der Waals surface area contributed by atoms with Crippen LogP contribution in [0, 0.1) is 6.92 Å². The molecule has 0 aliphatic rings. The highest BCUT2D eigenvalue weighted by Gasteiger charge is 2.18. The van der Waals surface area contributed by atoms with Crippen molar-refractivity contribution in [1.29, 1.82) is 0 Å². The van der Waals surface area contributed by atoms with Gasteiger partial charge in [0.05, 0.1) is 16.3 Å². The Balaban J connectivity index is 2.40. The summed E-state index contributed by atoms with van der Waals surface area (Å²) in [5.41, 5.74) is 7.60. The molecule has 4 nitrogen and oxygen atoms in total. The molecule has 0 saturated heterocycles. The Labute approximate surface area is 106 Å². The number of aryl methyl sites for hydroxylation is 1. The Morgan fingerprint density at radius 3 is 2.50 bits per heavy atom. The molecule has 0 bridgehead atoms. The number of nitrogens with zero attached hydrogens (tertiary/aromatic N) is 1. The standard InChI is InChI=1S/C13H14N2O2S/c1-10-2-3-12(14)13(8-10)18(16,17)9-11-4-6-15-7-5-11/h2-8H,9,14H2,1H3. The van der Waals surface area contributed by atoms with Crippen molar-refractivity contribution in [3.05, 3.63) is 53.9 Å². The average Bonchev–Trinajstić information content (AvgIpc) is 2.33. The number of aromatic nitrogens is 1. The van der Waals surface area contributed by atoms with Gasteiger partial charge in [-0.3, -0.25) is 4.98 Å². The lowest BCUT2D eigenvalue weighted by Crippen LogP contribution is -2.08. The molecule has 2 aromatic rings. The van der Waals surface area contributed by atoms with Crippen molar-refractivity contribution < 1.29 is 8.42 Å². The van der Waals surface area contributed by atoms with Crippen molar-refractivity contribution in [1.82, 2.24) is 4.98 Å². The van der Waals surface area contributed by atoms with Gasteiger partial charge in [0.2, 0.25) is 0 Å². The largest absolute Gasteiger partial charge is 0.398 e. The second kappa shape index (κ2) is 4.78. The molecule has 0 unspecified atom stereocenters. The fourth-order valence-electron chi connectivity index (χ4n) is 1.69. The molecule has 0 amide bonds. The maximum absolute atomic E-state index is 12.3. The molecule has 0 fully saturated rings. The summed E-state index contributed by atoms with van der Waals surface area (Å²) in [7, 11) is -3.42. The molecule has 0 saturated carbocycles. The second-order valence-electron chi connectivity index (χ2n) is 4.16. The number of anilines is 1. The Kier molecular flexibility index (Phi) is 3.34. The van der Waals surface area contributed by atoms with Gasteiger partial charge in [0.25, 0.3) is 0 Å². The predicted molar refractivity (Wildman–Crippen MR) is 70.7 cm³/mol. The first-order valence-electron chi connectivity index (χ1n) is 5.47. The van der Waals surface area contributed by atoms with Gasteiger partial charge in [-0.15, -0.1) is 0 Å². The summed E-state index contributed by atoms with van der Waals surface area (Å²) in [6.07, 6.45) is 3.15. The molecule has 1 aromatic heterocycles. The summed E-state index contributed by atoms with van der Waals surface area (Å²) in [6.45, 7) is 1.84. The summed E-state index contributed by atoms with van der Waals surface area (Å²) in [5, 5.41) is 0. The van der Waals surface area contributed by atoms with E-state index in [0.717, 1.165) is 5.56 Å². The fourth-order valence-corrected chi connectivity index (χ4v) is 3.27. The Morgan fingerprint density at radius 2 is 1.83 bits per heavy atom. The van der Waals surface area contributed by atoms with Crippen LogP contribution in [0.15, 0.2) is 47.6 Å². The molecule has 0 radical (unpaired) electrons. The summed E-state index contributed by atoms with van der Waals surface area (Å²) < 4.78 is 24.5. The predicted octanol–water partition coefficient (Wildman–Crippen LogP) is 1.95. The lowest BCUT2D eigenvalue weighted by molar-refractivity contribution is 0.595. The van der Waals surface area contributed by atoms with Crippen molar-refractivity contribution in [2.45, 2.75) is 17.6 Å². The molecule has 0 atom stereocenters. The van der Waals surface area contributed by atoms with Crippen LogP contribution in [0.1, 0.15) is 11.1 Å². The maximum Gasteiger partial charge on any atom is 0.184 e. The van der Waals surface area contributed by atoms with Gasteiger partial charge in [0, 0.05) is 12.4 Å². The van der Waals surface area contributed by atoms with E-state index in [1.165, 1.54) is 0 Å². The van der Waals surface area contributed by atoms with Crippen molar-refractivity contribution in [3.8, 4) is 0 Å². The van der Waals surface area contributed by atoms with Crippen LogP contribution in [0.2, 0.25) is 0 Å².